The van der Waals surface area contributed by atoms with Crippen LogP contribution in [0.5, 0.6) is 0 Å². The highest BCUT2D eigenvalue weighted by Gasteiger charge is 2.27. The molecule has 1 heterocycles. The van der Waals surface area contributed by atoms with Gasteiger partial charge in [-0.2, -0.15) is 9.49 Å². The van der Waals surface area contributed by atoms with Crippen molar-refractivity contribution < 1.29 is 9.18 Å². The van der Waals surface area contributed by atoms with Crippen molar-refractivity contribution >= 4 is 16.8 Å². The van der Waals surface area contributed by atoms with Gasteiger partial charge in [0.2, 0.25) is 11.9 Å². The Bertz CT molecular complexity index is 677. The number of rotatable bonds is 3. The number of nitrogens with zero attached hydrogens (tertiary/aromatic N) is 2. The van der Waals surface area contributed by atoms with Crippen LogP contribution in [0.4, 0.5) is 4.39 Å². The molecule has 1 unspecified atom stereocenters. The Balaban J connectivity index is 1.96. The van der Waals surface area contributed by atoms with Crippen molar-refractivity contribution in [1.82, 2.24) is 15.1 Å². The number of fused-ring (bicyclic) bond motifs is 3. The summed E-state index contributed by atoms with van der Waals surface area (Å²) in [6.45, 7) is 2.15. The first-order valence-electron chi connectivity index (χ1n) is 6.96. The Hall–Kier alpha value is -1.91. The highest BCUT2D eigenvalue weighted by atomic mass is 19.1. The first-order chi connectivity index (χ1) is 9.58. The lowest BCUT2D eigenvalue weighted by Crippen LogP contribution is -2.22. The maximum Gasteiger partial charge on any atom is 0.219 e. The van der Waals surface area contributed by atoms with Crippen molar-refractivity contribution in [2.75, 3.05) is 6.54 Å². The molecular formula is C15H18FN3O. The summed E-state index contributed by atoms with van der Waals surface area (Å²) in [4.78, 5) is 10.9. The van der Waals surface area contributed by atoms with Gasteiger partial charge < -0.3 is 5.32 Å². The average Bonchev–Trinajstić information content (AvgIpc) is 2.92. The van der Waals surface area contributed by atoms with E-state index in [4.69, 9.17) is 0 Å². The molecule has 0 bridgehead atoms. The monoisotopic (exact) mass is 275 g/mol. The van der Waals surface area contributed by atoms with Gasteiger partial charge in [0.25, 0.3) is 0 Å². The molecule has 0 radical (unpaired) electrons. The lowest BCUT2D eigenvalue weighted by molar-refractivity contribution is -0.118. The molecular weight excluding hydrogens is 257 g/mol. The van der Waals surface area contributed by atoms with Gasteiger partial charge in [0.1, 0.15) is 0 Å². The molecule has 1 aliphatic carbocycles. The second kappa shape index (κ2) is 4.89. The van der Waals surface area contributed by atoms with Gasteiger partial charge in [-0.05, 0) is 42.4 Å². The molecule has 4 nitrogen and oxygen atoms in total. The molecule has 0 spiro atoms. The second-order valence-corrected chi connectivity index (χ2v) is 5.45. The Labute approximate surface area is 117 Å². The van der Waals surface area contributed by atoms with Crippen LogP contribution in [0.25, 0.3) is 10.9 Å². The van der Waals surface area contributed by atoms with E-state index in [1.807, 2.05) is 6.07 Å². The first-order valence-corrected chi connectivity index (χ1v) is 6.96. The Morgan fingerprint density at radius 3 is 3.10 bits per heavy atom. The van der Waals surface area contributed by atoms with E-state index >= 15 is 0 Å². The summed E-state index contributed by atoms with van der Waals surface area (Å²) in [5.41, 5.74) is 3.03. The predicted octanol–water partition coefficient (Wildman–Crippen LogP) is 2.27. The van der Waals surface area contributed by atoms with Crippen molar-refractivity contribution in [3.63, 3.8) is 0 Å². The lowest BCUT2D eigenvalue weighted by Gasteiger charge is -2.12. The highest BCUT2D eigenvalue weighted by Crippen LogP contribution is 2.40. The van der Waals surface area contributed by atoms with Crippen molar-refractivity contribution in [2.24, 2.45) is 7.05 Å². The standard InChI is InChI=1S/C15H18FN3O/c1-9(20)17-8-7-11-4-3-10-5-6-12-14(13(10)11)15(16)19(2)18-12/h5-6,11H,3-4,7-8H2,1-2H3,(H,17,20). The van der Waals surface area contributed by atoms with E-state index < -0.39 is 0 Å². The number of hydrogen-bond donors (Lipinski definition) is 1. The number of aromatic nitrogens is 2. The van der Waals surface area contributed by atoms with Crippen LogP contribution in [-0.4, -0.2) is 22.2 Å². The van der Waals surface area contributed by atoms with Gasteiger partial charge in [-0.15, -0.1) is 0 Å². The van der Waals surface area contributed by atoms with Gasteiger partial charge in [0.15, 0.2) is 0 Å². The number of carbonyl (C=O) groups is 1. The van der Waals surface area contributed by atoms with Crippen LogP contribution in [0.1, 0.15) is 36.8 Å². The number of amides is 1. The molecule has 0 aliphatic heterocycles. The number of halogens is 1. The Morgan fingerprint density at radius 1 is 1.55 bits per heavy atom. The molecule has 1 aromatic heterocycles. The van der Waals surface area contributed by atoms with E-state index in [0.717, 1.165) is 30.3 Å². The molecule has 1 aromatic carbocycles. The molecule has 1 N–H and O–H groups in total. The van der Waals surface area contributed by atoms with Crippen molar-refractivity contribution in [2.45, 2.75) is 32.1 Å². The molecule has 1 amide bonds. The zero-order chi connectivity index (χ0) is 14.3. The molecule has 1 aliphatic rings. The zero-order valence-electron chi connectivity index (χ0n) is 11.7. The third kappa shape index (κ3) is 2.07. The predicted molar refractivity (Wildman–Crippen MR) is 75.0 cm³/mol. The van der Waals surface area contributed by atoms with Crippen LogP contribution in [0.3, 0.4) is 0 Å². The van der Waals surface area contributed by atoms with Gasteiger partial charge in [-0.25, -0.2) is 4.68 Å². The summed E-state index contributed by atoms with van der Waals surface area (Å²) in [5, 5.41) is 7.68. The third-order valence-corrected chi connectivity index (χ3v) is 4.10. The van der Waals surface area contributed by atoms with E-state index in [1.165, 1.54) is 17.2 Å². The zero-order valence-corrected chi connectivity index (χ0v) is 11.7. The molecule has 5 heteroatoms. The maximum absolute atomic E-state index is 14.3. The molecule has 0 saturated heterocycles. The topological polar surface area (TPSA) is 46.9 Å². The summed E-state index contributed by atoms with van der Waals surface area (Å²) in [5.74, 6) is 0.0246. The summed E-state index contributed by atoms with van der Waals surface area (Å²) in [6.07, 6.45) is 2.84. The smallest absolute Gasteiger partial charge is 0.219 e. The number of nitrogens with one attached hydrogen (secondary N) is 1. The Kier molecular flexibility index (Phi) is 3.20. The van der Waals surface area contributed by atoms with E-state index in [-0.39, 0.29) is 11.9 Å². The number of benzene rings is 1. The molecule has 0 fully saturated rings. The van der Waals surface area contributed by atoms with Crippen molar-refractivity contribution in [1.29, 1.82) is 0 Å². The van der Waals surface area contributed by atoms with Gasteiger partial charge in [0, 0.05) is 20.5 Å². The number of carbonyl (C=O) groups excluding carboxylic acids is 1. The minimum Gasteiger partial charge on any atom is -0.356 e. The third-order valence-electron chi connectivity index (χ3n) is 4.10. The molecule has 20 heavy (non-hydrogen) atoms. The van der Waals surface area contributed by atoms with Crippen LogP contribution >= 0.6 is 0 Å². The van der Waals surface area contributed by atoms with Gasteiger partial charge >= 0.3 is 0 Å². The summed E-state index contributed by atoms with van der Waals surface area (Å²) in [7, 11) is 1.63. The molecule has 0 saturated carbocycles. The Morgan fingerprint density at radius 2 is 2.35 bits per heavy atom. The second-order valence-electron chi connectivity index (χ2n) is 5.45. The minimum absolute atomic E-state index is 0.0195. The van der Waals surface area contributed by atoms with Crippen LogP contribution in [0.2, 0.25) is 0 Å². The van der Waals surface area contributed by atoms with E-state index in [9.17, 15) is 9.18 Å². The quantitative estimate of drug-likeness (QED) is 0.934. The molecule has 106 valence electrons. The normalized spacial score (nSPS) is 17.4. The summed E-state index contributed by atoms with van der Waals surface area (Å²) >= 11 is 0. The molecule has 3 rings (SSSR count). The fraction of sp³-hybridized carbons (Fsp3) is 0.467. The van der Waals surface area contributed by atoms with E-state index in [0.29, 0.717) is 17.8 Å². The lowest BCUT2D eigenvalue weighted by atomic mass is 9.94. The number of aryl methyl sites for hydroxylation is 2. The minimum atomic E-state index is -0.261. The molecule has 1 atom stereocenters. The average molecular weight is 275 g/mol. The van der Waals surface area contributed by atoms with E-state index in [1.54, 1.807) is 7.05 Å². The van der Waals surface area contributed by atoms with Crippen molar-refractivity contribution in [3.8, 4) is 0 Å². The SMILES string of the molecule is CC(=O)NCCC1CCc2ccc3nn(C)c(F)c3c21. The van der Waals surface area contributed by atoms with E-state index in [2.05, 4.69) is 16.5 Å². The van der Waals surface area contributed by atoms with Gasteiger partial charge in [-0.3, -0.25) is 4.79 Å². The van der Waals surface area contributed by atoms with Gasteiger partial charge in [-0.1, -0.05) is 6.07 Å². The highest BCUT2D eigenvalue weighted by molar-refractivity contribution is 5.85. The van der Waals surface area contributed by atoms with Crippen molar-refractivity contribution in [3.05, 3.63) is 29.2 Å². The van der Waals surface area contributed by atoms with Crippen LogP contribution in [0.15, 0.2) is 12.1 Å². The fourth-order valence-corrected chi connectivity index (χ4v) is 3.19. The van der Waals surface area contributed by atoms with Crippen LogP contribution in [0, 0.1) is 5.95 Å². The van der Waals surface area contributed by atoms with Gasteiger partial charge in [0.05, 0.1) is 10.9 Å². The molecule has 2 aromatic rings. The maximum atomic E-state index is 14.3. The first kappa shape index (κ1) is 13.1. The fourth-order valence-electron chi connectivity index (χ4n) is 3.19. The summed E-state index contributed by atoms with van der Waals surface area (Å²) in [6, 6.07) is 3.95. The number of hydrogen-bond acceptors (Lipinski definition) is 2. The van der Waals surface area contributed by atoms with Crippen LogP contribution in [-0.2, 0) is 18.3 Å². The van der Waals surface area contributed by atoms with Crippen LogP contribution < -0.4 is 5.32 Å². The summed E-state index contributed by atoms with van der Waals surface area (Å²) < 4.78 is 15.6. The largest absolute Gasteiger partial charge is 0.356 e.